The second-order valence-electron chi connectivity index (χ2n) is 6.18. The highest BCUT2D eigenvalue weighted by Crippen LogP contribution is 2.28. The third-order valence-corrected chi connectivity index (χ3v) is 3.35. The van der Waals surface area contributed by atoms with E-state index < -0.39 is 5.60 Å². The third kappa shape index (κ3) is 5.93. The van der Waals surface area contributed by atoms with Gasteiger partial charge in [-0.2, -0.15) is 0 Å². The standard InChI is InChI=1S/C19H25NO3/c1-19(2,21)14-20-12-16-9-10-17(22-3)18(11-16)23-13-15-7-5-4-6-8-15/h4-11,20-21H,12-14H2,1-3H3. The highest BCUT2D eigenvalue weighted by Gasteiger charge is 2.12. The Morgan fingerprint density at radius 2 is 1.74 bits per heavy atom. The lowest BCUT2D eigenvalue weighted by molar-refractivity contribution is 0.0795. The van der Waals surface area contributed by atoms with E-state index in [4.69, 9.17) is 9.47 Å². The second kappa shape index (κ2) is 7.99. The van der Waals surface area contributed by atoms with E-state index in [2.05, 4.69) is 5.32 Å². The molecule has 0 spiro atoms. The van der Waals surface area contributed by atoms with Gasteiger partial charge in [-0.15, -0.1) is 0 Å². The molecule has 0 atom stereocenters. The van der Waals surface area contributed by atoms with Crippen molar-refractivity contribution < 1.29 is 14.6 Å². The molecule has 4 heteroatoms. The first-order valence-electron chi connectivity index (χ1n) is 7.75. The van der Waals surface area contributed by atoms with Crippen molar-refractivity contribution in [3.63, 3.8) is 0 Å². The quantitative estimate of drug-likeness (QED) is 0.786. The van der Waals surface area contributed by atoms with Crippen molar-refractivity contribution in [2.75, 3.05) is 13.7 Å². The number of hydrogen-bond acceptors (Lipinski definition) is 4. The minimum atomic E-state index is -0.723. The molecule has 2 rings (SSSR count). The molecule has 4 nitrogen and oxygen atoms in total. The Kier molecular flexibility index (Phi) is 6.02. The maximum absolute atomic E-state index is 9.74. The fraction of sp³-hybridized carbons (Fsp3) is 0.368. The maximum Gasteiger partial charge on any atom is 0.161 e. The summed E-state index contributed by atoms with van der Waals surface area (Å²) in [5, 5.41) is 13.0. The normalized spacial score (nSPS) is 11.3. The fourth-order valence-electron chi connectivity index (χ4n) is 2.19. The van der Waals surface area contributed by atoms with Gasteiger partial charge in [0, 0.05) is 13.1 Å². The molecule has 124 valence electrons. The Hall–Kier alpha value is -2.04. The van der Waals surface area contributed by atoms with Crippen LogP contribution in [-0.4, -0.2) is 24.4 Å². The van der Waals surface area contributed by atoms with Crippen molar-refractivity contribution in [3.05, 3.63) is 59.7 Å². The summed E-state index contributed by atoms with van der Waals surface area (Å²) in [5.74, 6) is 1.44. The second-order valence-corrected chi connectivity index (χ2v) is 6.18. The van der Waals surface area contributed by atoms with Crippen LogP contribution >= 0.6 is 0 Å². The summed E-state index contributed by atoms with van der Waals surface area (Å²) < 4.78 is 11.3. The zero-order chi connectivity index (χ0) is 16.7. The smallest absolute Gasteiger partial charge is 0.161 e. The van der Waals surface area contributed by atoms with Crippen molar-refractivity contribution in [1.82, 2.24) is 5.32 Å². The van der Waals surface area contributed by atoms with Crippen LogP contribution in [0.15, 0.2) is 48.5 Å². The molecule has 0 aliphatic heterocycles. The summed E-state index contributed by atoms with van der Waals surface area (Å²) in [6.07, 6.45) is 0. The maximum atomic E-state index is 9.74. The molecule has 0 saturated heterocycles. The van der Waals surface area contributed by atoms with E-state index in [9.17, 15) is 5.11 Å². The average molecular weight is 315 g/mol. The largest absolute Gasteiger partial charge is 0.493 e. The number of hydrogen-bond donors (Lipinski definition) is 2. The van der Waals surface area contributed by atoms with Gasteiger partial charge in [0.05, 0.1) is 12.7 Å². The summed E-state index contributed by atoms with van der Waals surface area (Å²) in [6, 6.07) is 15.9. The van der Waals surface area contributed by atoms with Gasteiger partial charge in [-0.1, -0.05) is 36.4 Å². The van der Waals surface area contributed by atoms with Gasteiger partial charge in [0.25, 0.3) is 0 Å². The molecular weight excluding hydrogens is 290 g/mol. The molecule has 0 bridgehead atoms. The van der Waals surface area contributed by atoms with Crippen molar-refractivity contribution in [1.29, 1.82) is 0 Å². The van der Waals surface area contributed by atoms with Gasteiger partial charge in [-0.25, -0.2) is 0 Å². The summed E-state index contributed by atoms with van der Waals surface area (Å²) in [5.41, 5.74) is 1.47. The van der Waals surface area contributed by atoms with Crippen LogP contribution in [0.25, 0.3) is 0 Å². The van der Waals surface area contributed by atoms with E-state index in [-0.39, 0.29) is 0 Å². The van der Waals surface area contributed by atoms with Gasteiger partial charge in [0.15, 0.2) is 11.5 Å². The van der Waals surface area contributed by atoms with Crippen LogP contribution in [0.3, 0.4) is 0 Å². The Morgan fingerprint density at radius 1 is 1.00 bits per heavy atom. The van der Waals surface area contributed by atoms with E-state index in [0.717, 1.165) is 16.9 Å². The van der Waals surface area contributed by atoms with Crippen molar-refractivity contribution in [2.24, 2.45) is 0 Å². The van der Waals surface area contributed by atoms with Crippen molar-refractivity contribution >= 4 is 0 Å². The number of ether oxygens (including phenoxy) is 2. The molecule has 0 saturated carbocycles. The van der Waals surface area contributed by atoms with E-state index in [1.165, 1.54) is 0 Å². The van der Waals surface area contributed by atoms with Crippen molar-refractivity contribution in [3.8, 4) is 11.5 Å². The zero-order valence-electron chi connectivity index (χ0n) is 14.0. The SMILES string of the molecule is COc1ccc(CNCC(C)(C)O)cc1OCc1ccccc1. The first kappa shape index (κ1) is 17.3. The number of methoxy groups -OCH3 is 1. The molecule has 0 unspecified atom stereocenters. The molecule has 0 aromatic heterocycles. The van der Waals surface area contributed by atoms with Crippen LogP contribution in [-0.2, 0) is 13.2 Å². The molecule has 2 aromatic rings. The van der Waals surface area contributed by atoms with E-state index >= 15 is 0 Å². The van der Waals surface area contributed by atoms with Crippen LogP contribution in [0.2, 0.25) is 0 Å². The van der Waals surface area contributed by atoms with Crippen molar-refractivity contribution in [2.45, 2.75) is 32.6 Å². The fourth-order valence-corrected chi connectivity index (χ4v) is 2.19. The summed E-state index contributed by atoms with van der Waals surface area (Å²) >= 11 is 0. The third-order valence-electron chi connectivity index (χ3n) is 3.35. The molecule has 0 heterocycles. The first-order chi connectivity index (χ1) is 11.0. The van der Waals surface area contributed by atoms with Crippen LogP contribution in [0.4, 0.5) is 0 Å². The lowest BCUT2D eigenvalue weighted by atomic mass is 10.1. The molecule has 0 fully saturated rings. The van der Waals surface area contributed by atoms with Crippen LogP contribution in [0.5, 0.6) is 11.5 Å². The Labute approximate surface area is 138 Å². The van der Waals surface area contributed by atoms with Gasteiger partial charge in [0.1, 0.15) is 6.61 Å². The first-order valence-corrected chi connectivity index (χ1v) is 7.75. The van der Waals surface area contributed by atoms with Gasteiger partial charge in [-0.05, 0) is 37.1 Å². The van der Waals surface area contributed by atoms with E-state index in [0.29, 0.717) is 25.4 Å². The molecule has 2 aromatic carbocycles. The molecule has 0 amide bonds. The minimum Gasteiger partial charge on any atom is -0.493 e. The summed E-state index contributed by atoms with van der Waals surface area (Å²) in [4.78, 5) is 0. The van der Waals surface area contributed by atoms with Gasteiger partial charge in [0.2, 0.25) is 0 Å². The van der Waals surface area contributed by atoms with Gasteiger partial charge < -0.3 is 19.9 Å². The predicted octanol–water partition coefficient (Wildman–Crippen LogP) is 3.13. The Bertz CT molecular complexity index is 606. The van der Waals surface area contributed by atoms with E-state index in [1.807, 2.05) is 48.5 Å². The topological polar surface area (TPSA) is 50.7 Å². The number of rotatable bonds is 8. The number of nitrogens with one attached hydrogen (secondary N) is 1. The minimum absolute atomic E-state index is 0.498. The lowest BCUT2D eigenvalue weighted by Crippen LogP contribution is -2.34. The predicted molar refractivity (Wildman–Crippen MR) is 91.8 cm³/mol. The molecule has 0 aliphatic rings. The molecule has 23 heavy (non-hydrogen) atoms. The Morgan fingerprint density at radius 3 is 2.39 bits per heavy atom. The average Bonchev–Trinajstić information content (AvgIpc) is 2.53. The Balaban J connectivity index is 2.00. The highest BCUT2D eigenvalue weighted by atomic mass is 16.5. The lowest BCUT2D eigenvalue weighted by Gasteiger charge is -2.18. The van der Waals surface area contributed by atoms with Crippen LogP contribution in [0.1, 0.15) is 25.0 Å². The summed E-state index contributed by atoms with van der Waals surface area (Å²) in [7, 11) is 1.64. The molecule has 0 aliphatic carbocycles. The summed E-state index contributed by atoms with van der Waals surface area (Å²) in [6.45, 7) is 5.25. The van der Waals surface area contributed by atoms with E-state index in [1.54, 1.807) is 21.0 Å². The molecule has 0 radical (unpaired) electrons. The molecule has 2 N–H and O–H groups in total. The van der Waals surface area contributed by atoms with Gasteiger partial charge in [-0.3, -0.25) is 0 Å². The number of aliphatic hydroxyl groups is 1. The van der Waals surface area contributed by atoms with Crippen LogP contribution < -0.4 is 14.8 Å². The number of benzene rings is 2. The van der Waals surface area contributed by atoms with Crippen LogP contribution in [0, 0.1) is 0 Å². The highest BCUT2D eigenvalue weighted by molar-refractivity contribution is 5.43. The molecular formula is C19H25NO3. The zero-order valence-corrected chi connectivity index (χ0v) is 14.0. The monoisotopic (exact) mass is 315 g/mol. The van der Waals surface area contributed by atoms with Gasteiger partial charge >= 0.3 is 0 Å².